The number of nitrogens with zero attached hydrogens (tertiary/aromatic N) is 3. The molecular formula is C21H25N3O5. The molecule has 2 heterocycles. The number of aromatic nitrogens is 1. The van der Waals surface area contributed by atoms with Gasteiger partial charge in [0.15, 0.2) is 0 Å². The first kappa shape index (κ1) is 20.6. The summed E-state index contributed by atoms with van der Waals surface area (Å²) in [6, 6.07) is 9.05. The van der Waals surface area contributed by atoms with Gasteiger partial charge in [0.05, 0.1) is 19.7 Å². The van der Waals surface area contributed by atoms with E-state index in [-0.39, 0.29) is 36.3 Å². The fourth-order valence-corrected chi connectivity index (χ4v) is 3.41. The van der Waals surface area contributed by atoms with Crippen molar-refractivity contribution >= 4 is 28.7 Å². The fourth-order valence-electron chi connectivity index (χ4n) is 3.41. The zero-order valence-electron chi connectivity index (χ0n) is 16.7. The molecule has 0 bridgehead atoms. The zero-order valence-corrected chi connectivity index (χ0v) is 16.7. The average Bonchev–Trinajstić information content (AvgIpc) is 3.25. The number of benzene rings is 1. The van der Waals surface area contributed by atoms with Gasteiger partial charge in [-0.3, -0.25) is 19.4 Å². The van der Waals surface area contributed by atoms with Crippen molar-refractivity contribution in [1.29, 1.82) is 0 Å². The smallest absolute Gasteiger partial charge is 0.305 e. The Labute approximate surface area is 169 Å². The largest absolute Gasteiger partial charge is 0.496 e. The van der Waals surface area contributed by atoms with E-state index in [2.05, 4.69) is 9.72 Å². The van der Waals surface area contributed by atoms with Gasteiger partial charge in [0.2, 0.25) is 5.91 Å². The molecule has 2 aromatic rings. The van der Waals surface area contributed by atoms with Crippen LogP contribution in [0.5, 0.6) is 5.75 Å². The van der Waals surface area contributed by atoms with Gasteiger partial charge in [-0.2, -0.15) is 0 Å². The quantitative estimate of drug-likeness (QED) is 0.525. The topological polar surface area (TPSA) is 89.0 Å². The van der Waals surface area contributed by atoms with Gasteiger partial charge in [-0.05, 0) is 31.4 Å². The molecule has 1 aliphatic heterocycles. The molecule has 1 aliphatic rings. The lowest BCUT2D eigenvalue weighted by molar-refractivity contribution is -0.142. The van der Waals surface area contributed by atoms with Gasteiger partial charge in [-0.15, -0.1) is 0 Å². The average molecular weight is 399 g/mol. The summed E-state index contributed by atoms with van der Waals surface area (Å²) in [4.78, 5) is 41.3. The van der Waals surface area contributed by atoms with Crippen molar-refractivity contribution in [2.45, 2.75) is 32.1 Å². The minimum atomic E-state index is -0.325. The Hall–Kier alpha value is -3.16. The molecule has 0 spiro atoms. The first-order chi connectivity index (χ1) is 14.0. The summed E-state index contributed by atoms with van der Waals surface area (Å²) >= 11 is 0. The third-order valence-corrected chi connectivity index (χ3v) is 4.92. The number of pyridine rings is 1. The summed E-state index contributed by atoms with van der Waals surface area (Å²) in [6.07, 6.45) is 2.41. The van der Waals surface area contributed by atoms with Gasteiger partial charge in [0.1, 0.15) is 11.4 Å². The van der Waals surface area contributed by atoms with Crippen LogP contribution in [0.3, 0.4) is 0 Å². The number of ether oxygens (including phenoxy) is 2. The number of hydrogen-bond acceptors (Lipinski definition) is 6. The van der Waals surface area contributed by atoms with Crippen molar-refractivity contribution in [3.05, 3.63) is 36.0 Å². The Morgan fingerprint density at radius 3 is 2.52 bits per heavy atom. The summed E-state index contributed by atoms with van der Waals surface area (Å²) in [6.45, 7) is 0.954. The van der Waals surface area contributed by atoms with E-state index in [1.54, 1.807) is 13.2 Å². The molecule has 0 unspecified atom stereocenters. The van der Waals surface area contributed by atoms with Gasteiger partial charge < -0.3 is 9.47 Å². The van der Waals surface area contributed by atoms with Crippen LogP contribution in [0.25, 0.3) is 10.9 Å². The molecule has 0 N–H and O–H groups in total. The Bertz CT molecular complexity index is 914. The second-order valence-electron chi connectivity index (χ2n) is 6.81. The van der Waals surface area contributed by atoms with Crippen LogP contribution in [0.15, 0.2) is 30.3 Å². The summed E-state index contributed by atoms with van der Waals surface area (Å²) < 4.78 is 10.0. The number of hydrazine groups is 1. The van der Waals surface area contributed by atoms with Crippen molar-refractivity contribution in [1.82, 2.24) is 15.0 Å². The minimum absolute atomic E-state index is 0.131. The fraction of sp³-hybridized carbons (Fsp3) is 0.429. The molecule has 1 aromatic heterocycles. The van der Waals surface area contributed by atoms with E-state index < -0.39 is 0 Å². The summed E-state index contributed by atoms with van der Waals surface area (Å²) in [7, 11) is 2.90. The van der Waals surface area contributed by atoms with Gasteiger partial charge in [0.25, 0.3) is 5.91 Å². The highest BCUT2D eigenvalue weighted by atomic mass is 16.5. The SMILES string of the molecule is COC(=O)CCCCC(=O)N1CCCN1C(=O)c1cc(OC)c2ccccc2n1. The van der Waals surface area contributed by atoms with Gasteiger partial charge in [-0.25, -0.2) is 9.99 Å². The van der Waals surface area contributed by atoms with Crippen molar-refractivity contribution in [3.8, 4) is 5.75 Å². The van der Waals surface area contributed by atoms with E-state index in [9.17, 15) is 14.4 Å². The summed E-state index contributed by atoms with van der Waals surface area (Å²) in [5.74, 6) is -0.173. The van der Waals surface area contributed by atoms with Gasteiger partial charge in [0, 0.05) is 37.4 Å². The molecule has 8 nitrogen and oxygen atoms in total. The van der Waals surface area contributed by atoms with Crippen molar-refractivity contribution in [2.24, 2.45) is 0 Å². The molecule has 0 aliphatic carbocycles. The van der Waals surface area contributed by atoms with Crippen molar-refractivity contribution in [3.63, 3.8) is 0 Å². The standard InChI is InChI=1S/C21H25N3O5/c1-28-18-14-17(22-16-9-4-3-8-15(16)18)21(27)24-13-7-12-23(24)19(25)10-5-6-11-20(26)29-2/h3-4,8-9,14H,5-7,10-13H2,1-2H3. The van der Waals surface area contributed by atoms with Crippen LogP contribution in [0.4, 0.5) is 0 Å². The lowest BCUT2D eigenvalue weighted by Crippen LogP contribution is -2.45. The van der Waals surface area contributed by atoms with Gasteiger partial charge >= 0.3 is 5.97 Å². The lowest BCUT2D eigenvalue weighted by Gasteiger charge is -2.27. The number of carbonyl (C=O) groups is 3. The molecule has 0 radical (unpaired) electrons. The maximum absolute atomic E-state index is 13.1. The zero-order chi connectivity index (χ0) is 20.8. The van der Waals surface area contributed by atoms with Crippen LogP contribution in [-0.4, -0.2) is 60.1 Å². The molecule has 1 saturated heterocycles. The number of carbonyl (C=O) groups excluding carboxylic acids is 3. The Morgan fingerprint density at radius 2 is 1.76 bits per heavy atom. The third-order valence-electron chi connectivity index (χ3n) is 4.92. The normalized spacial score (nSPS) is 13.6. The number of para-hydroxylation sites is 1. The number of unbranched alkanes of at least 4 members (excludes halogenated alkanes) is 1. The number of rotatable bonds is 7. The first-order valence-electron chi connectivity index (χ1n) is 9.68. The third kappa shape index (κ3) is 4.64. The second-order valence-corrected chi connectivity index (χ2v) is 6.81. The minimum Gasteiger partial charge on any atom is -0.496 e. The maximum atomic E-state index is 13.1. The highest BCUT2D eigenvalue weighted by molar-refractivity contribution is 5.98. The first-order valence-corrected chi connectivity index (χ1v) is 9.68. The van der Waals surface area contributed by atoms with Crippen LogP contribution in [0.2, 0.25) is 0 Å². The van der Waals surface area contributed by atoms with Crippen LogP contribution < -0.4 is 4.74 Å². The molecule has 3 rings (SSSR count). The molecule has 29 heavy (non-hydrogen) atoms. The number of fused-ring (bicyclic) bond motifs is 1. The van der Waals surface area contributed by atoms with Crippen LogP contribution in [-0.2, 0) is 14.3 Å². The number of hydrogen-bond donors (Lipinski definition) is 0. The highest BCUT2D eigenvalue weighted by Crippen LogP contribution is 2.26. The van der Waals surface area contributed by atoms with Crippen molar-refractivity contribution in [2.75, 3.05) is 27.3 Å². The Morgan fingerprint density at radius 1 is 1.03 bits per heavy atom. The molecule has 8 heteroatoms. The predicted molar refractivity (Wildman–Crippen MR) is 106 cm³/mol. The molecule has 0 atom stereocenters. The highest BCUT2D eigenvalue weighted by Gasteiger charge is 2.32. The molecule has 2 amide bonds. The van der Waals surface area contributed by atoms with E-state index in [0.717, 1.165) is 5.39 Å². The number of amides is 2. The van der Waals surface area contributed by atoms with E-state index >= 15 is 0 Å². The second kappa shape index (κ2) is 9.36. The van der Waals surface area contributed by atoms with E-state index in [0.29, 0.717) is 43.6 Å². The van der Waals surface area contributed by atoms with E-state index in [4.69, 9.17) is 4.74 Å². The molecule has 1 aromatic carbocycles. The summed E-state index contributed by atoms with van der Waals surface area (Å²) in [5.41, 5.74) is 0.904. The number of methoxy groups -OCH3 is 2. The van der Waals surface area contributed by atoms with Crippen molar-refractivity contribution < 1.29 is 23.9 Å². The maximum Gasteiger partial charge on any atom is 0.305 e. The van der Waals surface area contributed by atoms with Crippen LogP contribution >= 0.6 is 0 Å². The van der Waals surface area contributed by atoms with Gasteiger partial charge in [-0.1, -0.05) is 12.1 Å². The lowest BCUT2D eigenvalue weighted by atomic mass is 10.1. The molecule has 1 fully saturated rings. The molecular weight excluding hydrogens is 374 g/mol. The summed E-state index contributed by atoms with van der Waals surface area (Å²) in [5, 5.41) is 3.77. The number of esters is 1. The van der Waals surface area contributed by atoms with E-state index in [1.165, 1.54) is 17.1 Å². The van der Waals surface area contributed by atoms with E-state index in [1.807, 2.05) is 24.3 Å². The van der Waals surface area contributed by atoms with Crippen LogP contribution in [0, 0.1) is 0 Å². The predicted octanol–water partition coefficient (Wildman–Crippen LogP) is 2.57. The molecule has 0 saturated carbocycles. The monoisotopic (exact) mass is 399 g/mol. The Kier molecular flexibility index (Phi) is 6.64. The van der Waals surface area contributed by atoms with Crippen LogP contribution in [0.1, 0.15) is 42.6 Å². The Balaban J connectivity index is 1.70. The molecule has 154 valence electrons.